The van der Waals surface area contributed by atoms with E-state index in [1.165, 1.54) is 7.11 Å². The lowest BCUT2D eigenvalue weighted by molar-refractivity contribution is -0.119. The van der Waals surface area contributed by atoms with E-state index in [1.54, 1.807) is 12.1 Å². The lowest BCUT2D eigenvalue weighted by Gasteiger charge is -2.13. The number of hydrogen-bond acceptors (Lipinski definition) is 3. The molecule has 0 unspecified atom stereocenters. The Morgan fingerprint density at radius 2 is 1.84 bits per heavy atom. The van der Waals surface area contributed by atoms with Gasteiger partial charge in [-0.3, -0.25) is 10.1 Å². The Morgan fingerprint density at radius 3 is 2.37 bits per heavy atom. The van der Waals surface area contributed by atoms with Crippen LogP contribution in [0, 0.1) is 18.3 Å². The van der Waals surface area contributed by atoms with Crippen LogP contribution in [0.1, 0.15) is 18.4 Å². The van der Waals surface area contributed by atoms with E-state index in [2.05, 4.69) is 15.4 Å². The molecule has 2 fully saturated rings. The summed E-state index contributed by atoms with van der Waals surface area (Å²) >= 11 is 0. The quantitative estimate of drug-likeness (QED) is 0.877. The molecule has 5 nitrogen and oxygen atoms in total. The summed E-state index contributed by atoms with van der Waals surface area (Å²) < 4.78 is 4.56. The molecule has 1 aromatic carbocycles. The highest BCUT2D eigenvalue weighted by Gasteiger charge is 2.74. The number of ether oxygens (including phenoxy) is 1. The van der Waals surface area contributed by atoms with E-state index in [4.69, 9.17) is 0 Å². The van der Waals surface area contributed by atoms with Crippen LogP contribution in [0.3, 0.4) is 0 Å². The molecule has 0 atom stereocenters. The van der Waals surface area contributed by atoms with E-state index in [0.717, 1.165) is 24.1 Å². The second kappa shape index (κ2) is 3.98. The number of amides is 2. The Balaban J connectivity index is 1.75. The molecule has 2 aliphatic carbocycles. The molecule has 0 saturated heterocycles. The normalized spacial score (nSPS) is 26.1. The van der Waals surface area contributed by atoms with Gasteiger partial charge >= 0.3 is 6.09 Å². The van der Waals surface area contributed by atoms with Crippen molar-refractivity contribution in [3.63, 3.8) is 0 Å². The molecule has 0 aromatic heterocycles. The minimum Gasteiger partial charge on any atom is -0.453 e. The number of nitrogens with one attached hydrogen (secondary N) is 2. The molecule has 19 heavy (non-hydrogen) atoms. The van der Waals surface area contributed by atoms with Gasteiger partial charge in [-0.15, -0.1) is 0 Å². The van der Waals surface area contributed by atoms with Crippen LogP contribution >= 0.6 is 0 Å². The van der Waals surface area contributed by atoms with Crippen molar-refractivity contribution in [1.29, 1.82) is 0 Å². The number of fused-ring (bicyclic) bond motifs is 1. The maximum atomic E-state index is 12.1. The van der Waals surface area contributed by atoms with Crippen LogP contribution in [0.15, 0.2) is 18.2 Å². The van der Waals surface area contributed by atoms with Gasteiger partial charge in [0.2, 0.25) is 5.91 Å². The monoisotopic (exact) mass is 260 g/mol. The second-order valence-corrected chi connectivity index (χ2v) is 5.31. The molecule has 3 rings (SSSR count). The molecule has 0 bridgehead atoms. The standard InChI is InChI=1S/C14H16N2O3/c1-8-10(15-12(17)14-6-9(14)7-14)4-3-5-11(8)16-13(18)19-2/h3-5,9H,6-7H2,1-2H3,(H,15,17)(H,16,18). The van der Waals surface area contributed by atoms with Crippen LogP contribution in [-0.4, -0.2) is 19.1 Å². The average molecular weight is 260 g/mol. The van der Waals surface area contributed by atoms with Gasteiger partial charge < -0.3 is 10.1 Å². The van der Waals surface area contributed by atoms with E-state index in [1.807, 2.05) is 13.0 Å². The van der Waals surface area contributed by atoms with Crippen LogP contribution in [0.2, 0.25) is 0 Å². The van der Waals surface area contributed by atoms with Crippen LogP contribution in [0.4, 0.5) is 16.2 Å². The highest BCUT2D eigenvalue weighted by atomic mass is 16.5. The SMILES string of the molecule is COC(=O)Nc1cccc(NC(=O)C23CC2C3)c1C. The fraction of sp³-hybridized carbons (Fsp3) is 0.429. The molecule has 0 spiro atoms. The van der Waals surface area contributed by atoms with E-state index in [0.29, 0.717) is 11.6 Å². The summed E-state index contributed by atoms with van der Waals surface area (Å²) in [6.07, 6.45) is 1.53. The summed E-state index contributed by atoms with van der Waals surface area (Å²) in [6, 6.07) is 5.41. The minimum atomic E-state index is -0.519. The van der Waals surface area contributed by atoms with Gasteiger partial charge in [0.1, 0.15) is 0 Å². The molecule has 0 aliphatic heterocycles. The minimum absolute atomic E-state index is 0.0573. The number of methoxy groups -OCH3 is 1. The molecule has 100 valence electrons. The van der Waals surface area contributed by atoms with E-state index >= 15 is 0 Å². The lowest BCUT2D eigenvalue weighted by Crippen LogP contribution is -2.19. The Morgan fingerprint density at radius 1 is 1.26 bits per heavy atom. The maximum absolute atomic E-state index is 12.1. The molecule has 2 amide bonds. The number of carbonyl (C=O) groups is 2. The molecule has 0 heterocycles. The van der Waals surface area contributed by atoms with Crippen LogP contribution in [0.25, 0.3) is 0 Å². The second-order valence-electron chi connectivity index (χ2n) is 5.31. The molecule has 5 heteroatoms. The zero-order chi connectivity index (χ0) is 13.6. The van der Waals surface area contributed by atoms with Gasteiger partial charge in [0, 0.05) is 11.4 Å². The third-order valence-corrected chi connectivity index (χ3v) is 4.14. The number of anilines is 2. The topological polar surface area (TPSA) is 67.4 Å². The first kappa shape index (κ1) is 12.0. The first-order chi connectivity index (χ1) is 9.06. The largest absolute Gasteiger partial charge is 0.453 e. The van der Waals surface area contributed by atoms with Gasteiger partial charge in [-0.05, 0) is 43.4 Å². The Hall–Kier alpha value is -2.04. The van der Waals surface area contributed by atoms with Crippen molar-refractivity contribution in [2.45, 2.75) is 19.8 Å². The fourth-order valence-electron chi connectivity index (χ4n) is 2.39. The molecule has 2 saturated carbocycles. The zero-order valence-electron chi connectivity index (χ0n) is 10.9. The van der Waals surface area contributed by atoms with Gasteiger partial charge in [-0.2, -0.15) is 0 Å². The molecule has 2 aliphatic rings. The molecular weight excluding hydrogens is 244 g/mol. The van der Waals surface area contributed by atoms with Gasteiger partial charge in [-0.25, -0.2) is 4.79 Å². The number of carbonyl (C=O) groups excluding carboxylic acids is 2. The van der Waals surface area contributed by atoms with Crippen molar-refractivity contribution in [3.05, 3.63) is 23.8 Å². The first-order valence-electron chi connectivity index (χ1n) is 6.33. The summed E-state index contributed by atoms with van der Waals surface area (Å²) in [5, 5.41) is 5.58. The summed E-state index contributed by atoms with van der Waals surface area (Å²) in [6.45, 7) is 1.86. The van der Waals surface area contributed by atoms with Gasteiger partial charge in [0.15, 0.2) is 0 Å². The fourth-order valence-corrected chi connectivity index (χ4v) is 2.39. The highest BCUT2D eigenvalue weighted by molar-refractivity contribution is 6.01. The smallest absolute Gasteiger partial charge is 0.411 e. The third kappa shape index (κ3) is 1.95. The van der Waals surface area contributed by atoms with Crippen molar-refractivity contribution in [1.82, 2.24) is 0 Å². The van der Waals surface area contributed by atoms with Crippen LogP contribution in [-0.2, 0) is 9.53 Å². The maximum Gasteiger partial charge on any atom is 0.411 e. The van der Waals surface area contributed by atoms with Crippen molar-refractivity contribution < 1.29 is 14.3 Å². The van der Waals surface area contributed by atoms with Crippen molar-refractivity contribution in [2.75, 3.05) is 17.7 Å². The number of hydrogen-bond donors (Lipinski definition) is 2. The zero-order valence-corrected chi connectivity index (χ0v) is 10.9. The summed E-state index contributed by atoms with van der Waals surface area (Å²) in [5.41, 5.74) is 2.16. The van der Waals surface area contributed by atoms with Gasteiger partial charge in [0.25, 0.3) is 0 Å². The Bertz CT molecular complexity index is 562. The van der Waals surface area contributed by atoms with Crippen molar-refractivity contribution in [2.24, 2.45) is 11.3 Å². The predicted molar refractivity (Wildman–Crippen MR) is 71.0 cm³/mol. The highest BCUT2D eigenvalue weighted by Crippen LogP contribution is 2.75. The average Bonchev–Trinajstić information content (AvgIpc) is 3.22. The first-order valence-corrected chi connectivity index (χ1v) is 6.33. The predicted octanol–water partition coefficient (Wildman–Crippen LogP) is 2.52. The van der Waals surface area contributed by atoms with Crippen LogP contribution in [0.5, 0.6) is 0 Å². The number of rotatable bonds is 3. The summed E-state index contributed by atoms with van der Waals surface area (Å²) in [7, 11) is 1.32. The van der Waals surface area contributed by atoms with Crippen molar-refractivity contribution in [3.8, 4) is 0 Å². The van der Waals surface area contributed by atoms with Crippen LogP contribution < -0.4 is 10.6 Å². The Labute approximate surface area is 111 Å². The van der Waals surface area contributed by atoms with E-state index < -0.39 is 6.09 Å². The Kier molecular flexibility index (Phi) is 2.52. The third-order valence-electron chi connectivity index (χ3n) is 4.14. The van der Waals surface area contributed by atoms with Gasteiger partial charge in [-0.1, -0.05) is 6.07 Å². The lowest BCUT2D eigenvalue weighted by atomic mass is 10.1. The number of benzene rings is 1. The molecule has 0 radical (unpaired) electrons. The summed E-state index contributed by atoms with van der Waals surface area (Å²) in [5.74, 6) is 0.722. The molecule has 2 N–H and O–H groups in total. The summed E-state index contributed by atoms with van der Waals surface area (Å²) in [4.78, 5) is 23.3. The van der Waals surface area contributed by atoms with Gasteiger partial charge in [0.05, 0.1) is 12.5 Å². The van der Waals surface area contributed by atoms with E-state index in [9.17, 15) is 9.59 Å². The van der Waals surface area contributed by atoms with Crippen molar-refractivity contribution >= 4 is 23.4 Å². The molecule has 1 aromatic rings. The van der Waals surface area contributed by atoms with E-state index in [-0.39, 0.29) is 11.3 Å². The molecular formula is C14H16N2O3.